The van der Waals surface area contributed by atoms with Crippen molar-refractivity contribution in [1.82, 2.24) is 15.0 Å². The lowest BCUT2D eigenvalue weighted by Crippen LogP contribution is -2.17. The van der Waals surface area contributed by atoms with E-state index in [-0.39, 0.29) is 4.47 Å². The second-order valence-corrected chi connectivity index (χ2v) is 5.18. The molecular formula is C10H8Br2F2N4. The Balaban J connectivity index is 2.53. The van der Waals surface area contributed by atoms with Crippen molar-refractivity contribution >= 4 is 31.9 Å². The van der Waals surface area contributed by atoms with Gasteiger partial charge in [-0.3, -0.25) is 0 Å². The summed E-state index contributed by atoms with van der Waals surface area (Å²) in [4.78, 5) is 0. The highest BCUT2D eigenvalue weighted by molar-refractivity contribution is 9.10. The summed E-state index contributed by atoms with van der Waals surface area (Å²) in [5.41, 5.74) is 7.02. The number of nitrogens with zero attached hydrogens (tertiary/aromatic N) is 3. The molecule has 0 saturated heterocycles. The van der Waals surface area contributed by atoms with E-state index in [0.717, 1.165) is 6.07 Å². The van der Waals surface area contributed by atoms with Crippen molar-refractivity contribution in [2.45, 2.75) is 6.04 Å². The van der Waals surface area contributed by atoms with Crippen LogP contribution < -0.4 is 5.73 Å². The Labute approximate surface area is 118 Å². The van der Waals surface area contributed by atoms with Gasteiger partial charge in [-0.05, 0) is 43.5 Å². The van der Waals surface area contributed by atoms with Gasteiger partial charge >= 0.3 is 0 Å². The first kappa shape index (κ1) is 13.6. The Kier molecular flexibility index (Phi) is 3.79. The van der Waals surface area contributed by atoms with E-state index in [1.165, 1.54) is 10.7 Å². The molecule has 1 heterocycles. The maximum Gasteiger partial charge on any atom is 0.173 e. The fourth-order valence-corrected chi connectivity index (χ4v) is 2.74. The van der Waals surface area contributed by atoms with E-state index in [9.17, 15) is 8.78 Å². The Morgan fingerprint density at radius 1 is 1.33 bits per heavy atom. The van der Waals surface area contributed by atoms with Crippen molar-refractivity contribution in [1.29, 1.82) is 0 Å². The average molecular weight is 382 g/mol. The summed E-state index contributed by atoms with van der Waals surface area (Å²) in [5, 5.41) is 7.59. The van der Waals surface area contributed by atoms with Gasteiger partial charge in [-0.2, -0.15) is 0 Å². The third kappa shape index (κ3) is 2.19. The van der Waals surface area contributed by atoms with Gasteiger partial charge in [-0.15, -0.1) is 5.10 Å². The molecule has 1 aromatic carbocycles. The zero-order valence-electron chi connectivity index (χ0n) is 9.16. The van der Waals surface area contributed by atoms with E-state index in [2.05, 4.69) is 42.2 Å². The Bertz CT molecular complexity index is 580. The highest BCUT2D eigenvalue weighted by atomic mass is 79.9. The molecule has 0 aliphatic carbocycles. The van der Waals surface area contributed by atoms with Gasteiger partial charge in [0.15, 0.2) is 16.2 Å². The van der Waals surface area contributed by atoms with Crippen molar-refractivity contribution < 1.29 is 8.78 Å². The number of nitrogens with two attached hydrogens (primary N) is 1. The molecule has 1 unspecified atom stereocenters. The second-order valence-electron chi connectivity index (χ2n) is 3.63. The van der Waals surface area contributed by atoms with E-state index in [1.807, 2.05) is 0 Å². The first-order valence-corrected chi connectivity index (χ1v) is 6.46. The lowest BCUT2D eigenvalue weighted by molar-refractivity contribution is 0.500. The fraction of sp³-hybridized carbons (Fsp3) is 0.200. The molecular weight excluding hydrogens is 374 g/mol. The third-order valence-electron chi connectivity index (χ3n) is 2.52. The molecule has 18 heavy (non-hydrogen) atoms. The van der Waals surface area contributed by atoms with Crippen LogP contribution in [0.3, 0.4) is 0 Å². The van der Waals surface area contributed by atoms with E-state index < -0.39 is 17.7 Å². The molecule has 2 aromatic rings. The van der Waals surface area contributed by atoms with Gasteiger partial charge in [0.25, 0.3) is 0 Å². The first-order valence-electron chi connectivity index (χ1n) is 4.87. The van der Waals surface area contributed by atoms with Crippen LogP contribution in [-0.2, 0) is 7.05 Å². The molecule has 2 N–H and O–H groups in total. The van der Waals surface area contributed by atoms with Crippen LogP contribution in [0, 0.1) is 11.6 Å². The van der Waals surface area contributed by atoms with Crippen LogP contribution in [0.5, 0.6) is 0 Å². The quantitative estimate of drug-likeness (QED) is 0.813. The summed E-state index contributed by atoms with van der Waals surface area (Å²) in [6.45, 7) is 0. The smallest absolute Gasteiger partial charge is 0.173 e. The summed E-state index contributed by atoms with van der Waals surface area (Å²) in [6, 6.07) is 1.78. The molecule has 0 saturated carbocycles. The van der Waals surface area contributed by atoms with Gasteiger partial charge in [0.2, 0.25) is 0 Å². The van der Waals surface area contributed by atoms with Crippen LogP contribution in [0.1, 0.15) is 17.3 Å². The van der Waals surface area contributed by atoms with Crippen LogP contribution in [0.4, 0.5) is 8.78 Å². The minimum absolute atomic E-state index is 0.00287. The Hall–Kier alpha value is -0.860. The van der Waals surface area contributed by atoms with E-state index in [0.29, 0.717) is 15.9 Å². The zero-order valence-corrected chi connectivity index (χ0v) is 12.3. The van der Waals surface area contributed by atoms with Gasteiger partial charge in [0.05, 0.1) is 16.2 Å². The van der Waals surface area contributed by atoms with Gasteiger partial charge in [0.1, 0.15) is 0 Å². The maximum absolute atomic E-state index is 13.5. The summed E-state index contributed by atoms with van der Waals surface area (Å²) < 4.78 is 28.5. The number of aryl methyl sites for hydroxylation is 1. The molecule has 0 aliphatic heterocycles. The highest BCUT2D eigenvalue weighted by Gasteiger charge is 2.22. The van der Waals surface area contributed by atoms with Crippen molar-refractivity contribution in [3.63, 3.8) is 0 Å². The molecule has 0 spiro atoms. The number of rotatable bonds is 2. The van der Waals surface area contributed by atoms with Gasteiger partial charge in [-0.25, -0.2) is 13.5 Å². The van der Waals surface area contributed by atoms with E-state index >= 15 is 0 Å². The van der Waals surface area contributed by atoms with Crippen LogP contribution in [0.2, 0.25) is 0 Å². The topological polar surface area (TPSA) is 56.7 Å². The molecule has 96 valence electrons. The number of halogens is 4. The summed E-state index contributed by atoms with van der Waals surface area (Å²) in [7, 11) is 1.67. The molecule has 1 atom stereocenters. The SMILES string of the molecule is Cn1nnc(Br)c1C(N)c1ccc(F)c(F)c1Br. The third-order valence-corrected chi connectivity index (χ3v) is 3.89. The van der Waals surface area contributed by atoms with Crippen LogP contribution in [0.15, 0.2) is 21.2 Å². The molecule has 0 aliphatic rings. The molecule has 4 nitrogen and oxygen atoms in total. The molecule has 2 rings (SSSR count). The van der Waals surface area contributed by atoms with Crippen molar-refractivity contribution in [2.24, 2.45) is 12.8 Å². The summed E-state index contributed by atoms with van der Waals surface area (Å²) >= 11 is 6.22. The minimum atomic E-state index is -0.964. The monoisotopic (exact) mass is 380 g/mol. The summed E-state index contributed by atoms with van der Waals surface area (Å²) in [5.74, 6) is -1.89. The van der Waals surface area contributed by atoms with E-state index in [1.54, 1.807) is 7.05 Å². The van der Waals surface area contributed by atoms with Gasteiger partial charge in [-0.1, -0.05) is 11.3 Å². The summed E-state index contributed by atoms with van der Waals surface area (Å²) in [6.07, 6.45) is 0. The number of hydrogen-bond donors (Lipinski definition) is 1. The number of hydrogen-bond acceptors (Lipinski definition) is 3. The predicted octanol–water partition coefficient (Wildman–Crippen LogP) is 2.67. The van der Waals surface area contributed by atoms with Crippen molar-refractivity contribution in [3.05, 3.63) is 44.1 Å². The molecule has 0 bridgehead atoms. The lowest BCUT2D eigenvalue weighted by Gasteiger charge is -2.14. The molecule has 1 aromatic heterocycles. The van der Waals surface area contributed by atoms with Crippen molar-refractivity contribution in [2.75, 3.05) is 0 Å². The largest absolute Gasteiger partial charge is 0.319 e. The normalized spacial score (nSPS) is 12.8. The predicted molar refractivity (Wildman–Crippen MR) is 68.8 cm³/mol. The Morgan fingerprint density at radius 2 is 2.00 bits per heavy atom. The Morgan fingerprint density at radius 3 is 2.56 bits per heavy atom. The average Bonchev–Trinajstić information content (AvgIpc) is 2.65. The number of aromatic nitrogens is 3. The zero-order chi connectivity index (χ0) is 13.4. The van der Waals surface area contributed by atoms with Crippen LogP contribution in [-0.4, -0.2) is 15.0 Å². The van der Waals surface area contributed by atoms with Crippen LogP contribution >= 0.6 is 31.9 Å². The van der Waals surface area contributed by atoms with Crippen LogP contribution in [0.25, 0.3) is 0 Å². The molecule has 0 radical (unpaired) electrons. The molecule has 0 fully saturated rings. The van der Waals surface area contributed by atoms with E-state index in [4.69, 9.17) is 5.73 Å². The minimum Gasteiger partial charge on any atom is -0.319 e. The maximum atomic E-state index is 13.5. The van der Waals surface area contributed by atoms with Crippen molar-refractivity contribution in [3.8, 4) is 0 Å². The molecule has 8 heteroatoms. The highest BCUT2D eigenvalue weighted by Crippen LogP contribution is 2.32. The van der Waals surface area contributed by atoms with Gasteiger partial charge in [0, 0.05) is 7.05 Å². The molecule has 0 amide bonds. The van der Waals surface area contributed by atoms with Gasteiger partial charge < -0.3 is 5.73 Å². The second kappa shape index (κ2) is 5.02. The number of benzene rings is 1. The first-order chi connectivity index (χ1) is 8.43. The standard InChI is InChI=1S/C10H8Br2F2N4/c1-18-9(10(12)16-17-18)8(15)4-2-3-5(13)7(14)6(4)11/h2-3,8H,15H2,1H3. The lowest BCUT2D eigenvalue weighted by atomic mass is 10.0. The fourth-order valence-electron chi connectivity index (χ4n) is 1.60.